The molecule has 0 radical (unpaired) electrons. The van der Waals surface area contributed by atoms with Gasteiger partial charge >= 0.3 is 5.97 Å². The zero-order valence-corrected chi connectivity index (χ0v) is 11.2. The molecule has 0 unspecified atom stereocenters. The van der Waals surface area contributed by atoms with Crippen molar-refractivity contribution in [3.05, 3.63) is 0 Å². The van der Waals surface area contributed by atoms with Gasteiger partial charge in [-0.25, -0.2) is 4.39 Å². The predicted molar refractivity (Wildman–Crippen MR) is 67.2 cm³/mol. The average Bonchev–Trinajstić information content (AvgIpc) is 2.85. The number of carbonyl (C=O) groups is 2. The fourth-order valence-corrected chi connectivity index (χ4v) is 2.83. The zero-order valence-electron chi connectivity index (χ0n) is 11.2. The number of ether oxygens (including phenoxy) is 1. The molecule has 19 heavy (non-hydrogen) atoms. The Labute approximate surface area is 112 Å². The molecular formula is C13H21FN2O3. The van der Waals surface area contributed by atoms with Crippen molar-refractivity contribution in [2.75, 3.05) is 13.7 Å². The molecule has 108 valence electrons. The van der Waals surface area contributed by atoms with Gasteiger partial charge in [0, 0.05) is 19.0 Å². The van der Waals surface area contributed by atoms with Crippen LogP contribution >= 0.6 is 0 Å². The average molecular weight is 272 g/mol. The van der Waals surface area contributed by atoms with Crippen LogP contribution < -0.4 is 10.6 Å². The van der Waals surface area contributed by atoms with E-state index in [2.05, 4.69) is 10.6 Å². The lowest BCUT2D eigenvalue weighted by molar-refractivity contribution is -0.146. The van der Waals surface area contributed by atoms with E-state index in [4.69, 9.17) is 4.74 Å². The summed E-state index contributed by atoms with van der Waals surface area (Å²) in [5.74, 6) is -0.331. The van der Waals surface area contributed by atoms with Crippen molar-refractivity contribution in [2.24, 2.45) is 5.92 Å². The Morgan fingerprint density at radius 2 is 1.95 bits per heavy atom. The van der Waals surface area contributed by atoms with Gasteiger partial charge < -0.3 is 15.4 Å². The molecule has 0 spiro atoms. The van der Waals surface area contributed by atoms with Crippen LogP contribution in [0.15, 0.2) is 0 Å². The van der Waals surface area contributed by atoms with Gasteiger partial charge in [-0.15, -0.1) is 0 Å². The maximum atomic E-state index is 13.0. The first-order chi connectivity index (χ1) is 9.10. The molecule has 1 amide bonds. The normalized spacial score (nSPS) is 34.8. The lowest BCUT2D eigenvalue weighted by atomic mass is 9.86. The summed E-state index contributed by atoms with van der Waals surface area (Å²) in [6.07, 6.45) is 2.35. The van der Waals surface area contributed by atoms with Crippen LogP contribution in [-0.4, -0.2) is 43.8 Å². The lowest BCUT2D eigenvalue weighted by Crippen LogP contribution is -2.46. The molecule has 0 bridgehead atoms. The van der Waals surface area contributed by atoms with Crippen LogP contribution in [0.4, 0.5) is 4.39 Å². The molecule has 2 aliphatic rings. The largest absolute Gasteiger partial charge is 0.469 e. The fraction of sp³-hybridized carbons (Fsp3) is 0.846. The summed E-state index contributed by atoms with van der Waals surface area (Å²) in [5.41, 5.74) is 0. The molecule has 1 saturated heterocycles. The van der Waals surface area contributed by atoms with E-state index in [1.54, 1.807) is 0 Å². The molecule has 2 fully saturated rings. The standard InChI is InChI=1S/C13H21FN2O3/c1-19-13(18)8-2-4-10(5-3-8)16-12(17)11-6-9(14)7-15-11/h8-11,15H,2-7H2,1H3,(H,16,17)/t8-,9-,10-,11-/m0/s1. The molecule has 6 heteroatoms. The number of amides is 1. The summed E-state index contributed by atoms with van der Waals surface area (Å²) in [4.78, 5) is 23.3. The first-order valence-corrected chi connectivity index (χ1v) is 6.85. The summed E-state index contributed by atoms with van der Waals surface area (Å²) < 4.78 is 17.7. The second-order valence-corrected chi connectivity index (χ2v) is 5.37. The summed E-state index contributed by atoms with van der Waals surface area (Å²) in [6.45, 7) is 0.257. The van der Waals surface area contributed by atoms with Gasteiger partial charge in [0.25, 0.3) is 0 Å². The van der Waals surface area contributed by atoms with Crippen LogP contribution in [-0.2, 0) is 14.3 Å². The monoisotopic (exact) mass is 272 g/mol. The third-order valence-electron chi connectivity index (χ3n) is 4.00. The van der Waals surface area contributed by atoms with Gasteiger partial charge in [0.1, 0.15) is 6.17 Å². The van der Waals surface area contributed by atoms with Crippen LogP contribution in [0, 0.1) is 5.92 Å². The number of alkyl halides is 1. The summed E-state index contributed by atoms with van der Waals surface area (Å²) in [5, 5.41) is 5.81. The van der Waals surface area contributed by atoms with Crippen molar-refractivity contribution in [3.63, 3.8) is 0 Å². The summed E-state index contributed by atoms with van der Waals surface area (Å²) in [7, 11) is 1.40. The Balaban J connectivity index is 1.73. The van der Waals surface area contributed by atoms with E-state index in [1.807, 2.05) is 0 Å². The number of nitrogens with one attached hydrogen (secondary N) is 2. The molecule has 1 saturated carbocycles. The van der Waals surface area contributed by atoms with Gasteiger partial charge in [-0.05, 0) is 25.7 Å². The zero-order chi connectivity index (χ0) is 13.8. The highest BCUT2D eigenvalue weighted by molar-refractivity contribution is 5.82. The minimum atomic E-state index is -0.925. The van der Waals surface area contributed by atoms with Crippen LogP contribution in [0.3, 0.4) is 0 Å². The maximum Gasteiger partial charge on any atom is 0.308 e. The fourth-order valence-electron chi connectivity index (χ4n) is 2.83. The number of rotatable bonds is 3. The number of methoxy groups -OCH3 is 1. The van der Waals surface area contributed by atoms with Gasteiger partial charge in [-0.2, -0.15) is 0 Å². The van der Waals surface area contributed by atoms with Crippen molar-refractivity contribution in [3.8, 4) is 0 Å². The molecule has 0 aromatic heterocycles. The van der Waals surface area contributed by atoms with Gasteiger partial charge in [0.15, 0.2) is 0 Å². The maximum absolute atomic E-state index is 13.0. The molecule has 5 nitrogen and oxygen atoms in total. The number of esters is 1. The Morgan fingerprint density at radius 1 is 1.26 bits per heavy atom. The van der Waals surface area contributed by atoms with E-state index in [-0.39, 0.29) is 36.8 Å². The molecular weight excluding hydrogens is 251 g/mol. The van der Waals surface area contributed by atoms with Crippen molar-refractivity contribution in [1.29, 1.82) is 0 Å². The van der Waals surface area contributed by atoms with Gasteiger partial charge in [0.2, 0.25) is 5.91 Å². The van der Waals surface area contributed by atoms with Crippen LogP contribution in [0.25, 0.3) is 0 Å². The van der Waals surface area contributed by atoms with E-state index in [0.717, 1.165) is 25.7 Å². The first kappa shape index (κ1) is 14.2. The van der Waals surface area contributed by atoms with E-state index in [1.165, 1.54) is 7.11 Å². The SMILES string of the molecule is COC(=O)[C@H]1CC[C@H](NC(=O)[C@@H]2C[C@H](F)CN2)CC1. The highest BCUT2D eigenvalue weighted by atomic mass is 19.1. The quantitative estimate of drug-likeness (QED) is 0.736. The molecule has 0 aromatic rings. The Kier molecular flexibility index (Phi) is 4.74. The lowest BCUT2D eigenvalue weighted by Gasteiger charge is -2.28. The highest BCUT2D eigenvalue weighted by Crippen LogP contribution is 2.25. The number of hydrogen-bond acceptors (Lipinski definition) is 4. The van der Waals surface area contributed by atoms with E-state index >= 15 is 0 Å². The second kappa shape index (κ2) is 6.32. The molecule has 2 atom stereocenters. The smallest absolute Gasteiger partial charge is 0.308 e. The molecule has 2 N–H and O–H groups in total. The minimum Gasteiger partial charge on any atom is -0.469 e. The Bertz CT molecular complexity index is 343. The Morgan fingerprint density at radius 3 is 2.47 bits per heavy atom. The van der Waals surface area contributed by atoms with Crippen LogP contribution in [0.2, 0.25) is 0 Å². The van der Waals surface area contributed by atoms with E-state index in [0.29, 0.717) is 0 Å². The topological polar surface area (TPSA) is 67.4 Å². The predicted octanol–water partition coefficient (Wildman–Crippen LogP) is 0.534. The molecule has 0 aromatic carbocycles. The van der Waals surface area contributed by atoms with Crippen LogP contribution in [0.5, 0.6) is 0 Å². The molecule has 1 heterocycles. The van der Waals surface area contributed by atoms with Crippen molar-refractivity contribution >= 4 is 11.9 Å². The third kappa shape index (κ3) is 3.65. The van der Waals surface area contributed by atoms with Crippen molar-refractivity contribution < 1.29 is 18.7 Å². The number of hydrogen-bond donors (Lipinski definition) is 2. The first-order valence-electron chi connectivity index (χ1n) is 6.85. The van der Waals surface area contributed by atoms with E-state index < -0.39 is 12.2 Å². The summed E-state index contributed by atoms with van der Waals surface area (Å²) >= 11 is 0. The van der Waals surface area contributed by atoms with Crippen molar-refractivity contribution in [2.45, 2.75) is 50.4 Å². The highest BCUT2D eigenvalue weighted by Gasteiger charge is 2.32. The molecule has 2 rings (SSSR count). The van der Waals surface area contributed by atoms with Gasteiger partial charge in [-0.1, -0.05) is 0 Å². The minimum absolute atomic E-state index is 0.0435. The number of carbonyl (C=O) groups excluding carboxylic acids is 2. The van der Waals surface area contributed by atoms with Crippen molar-refractivity contribution in [1.82, 2.24) is 10.6 Å². The second-order valence-electron chi connectivity index (χ2n) is 5.37. The van der Waals surface area contributed by atoms with E-state index in [9.17, 15) is 14.0 Å². The molecule has 1 aliphatic carbocycles. The van der Waals surface area contributed by atoms with Crippen LogP contribution in [0.1, 0.15) is 32.1 Å². The van der Waals surface area contributed by atoms with Gasteiger partial charge in [-0.3, -0.25) is 9.59 Å². The van der Waals surface area contributed by atoms with Gasteiger partial charge in [0.05, 0.1) is 19.1 Å². The summed E-state index contributed by atoms with van der Waals surface area (Å²) in [6, 6.07) is -0.317. The number of halogens is 1. The Hall–Kier alpha value is -1.17. The third-order valence-corrected chi connectivity index (χ3v) is 4.00. The molecule has 1 aliphatic heterocycles.